The lowest BCUT2D eigenvalue weighted by molar-refractivity contribution is 0.685. The maximum Gasteiger partial charge on any atom is 0.229 e. The third-order valence-corrected chi connectivity index (χ3v) is 6.79. The van der Waals surface area contributed by atoms with Crippen molar-refractivity contribution in [3.63, 3.8) is 0 Å². The SMILES string of the molecule is Cc1ncc(-c2cccc(-c3ncc(-c4cnc(Nc5ccc(Cn6cncn6)cc5)nc4N)cn3)c2)s1. The van der Waals surface area contributed by atoms with Crippen LogP contribution in [-0.2, 0) is 6.54 Å². The molecular formula is C27H22N10S. The van der Waals surface area contributed by atoms with Crippen molar-refractivity contribution in [2.75, 3.05) is 11.1 Å². The zero-order valence-corrected chi connectivity index (χ0v) is 21.2. The summed E-state index contributed by atoms with van der Waals surface area (Å²) >= 11 is 1.66. The quantitative estimate of drug-likeness (QED) is 0.299. The second-order valence-corrected chi connectivity index (χ2v) is 9.76. The van der Waals surface area contributed by atoms with Gasteiger partial charge in [-0.05, 0) is 36.2 Å². The van der Waals surface area contributed by atoms with Gasteiger partial charge < -0.3 is 11.1 Å². The summed E-state index contributed by atoms with van der Waals surface area (Å²) in [6.07, 6.45) is 10.2. The summed E-state index contributed by atoms with van der Waals surface area (Å²) in [5, 5.41) is 8.35. The molecule has 186 valence electrons. The van der Waals surface area contributed by atoms with Gasteiger partial charge in [0.1, 0.15) is 18.5 Å². The molecule has 38 heavy (non-hydrogen) atoms. The van der Waals surface area contributed by atoms with Gasteiger partial charge >= 0.3 is 0 Å². The van der Waals surface area contributed by atoms with Crippen LogP contribution in [0.5, 0.6) is 0 Å². The predicted molar refractivity (Wildman–Crippen MR) is 148 cm³/mol. The minimum Gasteiger partial charge on any atom is -0.383 e. The standard InChI is InChI=1S/C27H22N10S/c1-17-30-13-24(38-17)19-3-2-4-20(9-19)26-31-10-21(11-32-26)23-12-33-27(36-25(23)28)35-22-7-5-18(6-8-22)14-37-16-29-15-34-37/h2-13,15-16H,14H2,1H3,(H3,28,33,35,36). The molecule has 0 radical (unpaired) electrons. The van der Waals surface area contributed by atoms with Crippen LogP contribution in [0.15, 0.2) is 86.0 Å². The Morgan fingerprint density at radius 3 is 2.42 bits per heavy atom. The lowest BCUT2D eigenvalue weighted by Gasteiger charge is -2.10. The Kier molecular flexibility index (Phi) is 6.24. The highest BCUT2D eigenvalue weighted by Gasteiger charge is 2.11. The zero-order valence-electron chi connectivity index (χ0n) is 20.4. The molecular weight excluding hydrogens is 496 g/mol. The molecule has 0 fully saturated rings. The number of hydrogen-bond acceptors (Lipinski definition) is 10. The molecule has 0 bridgehead atoms. The third kappa shape index (κ3) is 5.08. The Bertz CT molecular complexity index is 1680. The van der Waals surface area contributed by atoms with Crippen molar-refractivity contribution in [3.05, 3.63) is 96.5 Å². The number of hydrogen-bond donors (Lipinski definition) is 2. The first-order valence-electron chi connectivity index (χ1n) is 11.8. The largest absolute Gasteiger partial charge is 0.383 e. The average molecular weight is 519 g/mol. The van der Waals surface area contributed by atoms with Gasteiger partial charge in [-0.3, -0.25) is 0 Å². The molecule has 6 rings (SSSR count). The second-order valence-electron chi connectivity index (χ2n) is 8.53. The lowest BCUT2D eigenvalue weighted by atomic mass is 10.1. The molecule has 0 saturated carbocycles. The molecule has 4 aromatic heterocycles. The zero-order chi connectivity index (χ0) is 25.9. The molecule has 0 aliphatic carbocycles. The Labute approximate surface area is 222 Å². The molecule has 2 aromatic carbocycles. The fourth-order valence-electron chi connectivity index (χ4n) is 3.92. The third-order valence-electron chi connectivity index (χ3n) is 5.83. The van der Waals surface area contributed by atoms with Crippen LogP contribution in [0.4, 0.5) is 17.5 Å². The van der Waals surface area contributed by atoms with E-state index in [4.69, 9.17) is 5.73 Å². The highest BCUT2D eigenvalue weighted by Crippen LogP contribution is 2.30. The van der Waals surface area contributed by atoms with Crippen LogP contribution < -0.4 is 11.1 Å². The summed E-state index contributed by atoms with van der Waals surface area (Å²) in [7, 11) is 0. The van der Waals surface area contributed by atoms with E-state index in [1.807, 2.05) is 49.5 Å². The number of nitrogen functional groups attached to an aromatic ring is 1. The molecule has 0 aliphatic heterocycles. The van der Waals surface area contributed by atoms with Gasteiger partial charge in [-0.25, -0.2) is 29.6 Å². The maximum atomic E-state index is 6.28. The summed E-state index contributed by atoms with van der Waals surface area (Å²) in [5.74, 6) is 1.37. The molecule has 0 spiro atoms. The molecule has 0 aliphatic rings. The van der Waals surface area contributed by atoms with Crippen molar-refractivity contribution in [1.29, 1.82) is 0 Å². The number of nitrogens with zero attached hydrogens (tertiary/aromatic N) is 8. The minimum atomic E-state index is 0.337. The van der Waals surface area contributed by atoms with E-state index in [1.165, 1.54) is 6.33 Å². The number of aryl methyl sites for hydroxylation is 1. The van der Waals surface area contributed by atoms with Crippen molar-refractivity contribution in [3.8, 4) is 33.0 Å². The smallest absolute Gasteiger partial charge is 0.229 e. The first-order chi connectivity index (χ1) is 18.6. The van der Waals surface area contributed by atoms with Crippen LogP contribution in [0.1, 0.15) is 10.6 Å². The molecule has 0 saturated heterocycles. The average Bonchev–Trinajstić information content (AvgIpc) is 3.62. The Morgan fingerprint density at radius 1 is 0.895 bits per heavy atom. The Hall–Kier alpha value is -5.03. The van der Waals surface area contributed by atoms with Crippen molar-refractivity contribution in [2.45, 2.75) is 13.5 Å². The topological polar surface area (TPSA) is 133 Å². The first kappa shape index (κ1) is 23.4. The first-order valence-corrected chi connectivity index (χ1v) is 12.6. The van der Waals surface area contributed by atoms with Crippen LogP contribution in [0.2, 0.25) is 0 Å². The summed E-state index contributed by atoms with van der Waals surface area (Å²) in [6, 6.07) is 16.1. The van der Waals surface area contributed by atoms with Crippen LogP contribution in [-0.4, -0.2) is 39.7 Å². The highest BCUT2D eigenvalue weighted by atomic mass is 32.1. The molecule has 0 atom stereocenters. The summed E-state index contributed by atoms with van der Waals surface area (Å²) < 4.78 is 1.77. The number of thiazole rings is 1. The molecule has 4 heterocycles. The fourth-order valence-corrected chi connectivity index (χ4v) is 4.70. The van der Waals surface area contributed by atoms with Crippen molar-refractivity contribution >= 4 is 28.8 Å². The fraction of sp³-hybridized carbons (Fsp3) is 0.0741. The number of rotatable bonds is 7. The number of benzene rings is 2. The molecule has 6 aromatic rings. The van der Waals surface area contributed by atoms with Crippen LogP contribution in [0, 0.1) is 6.92 Å². The van der Waals surface area contributed by atoms with E-state index in [0.717, 1.165) is 37.8 Å². The molecule has 11 heteroatoms. The van der Waals surface area contributed by atoms with Crippen LogP contribution in [0.25, 0.3) is 33.0 Å². The van der Waals surface area contributed by atoms with Crippen molar-refractivity contribution in [2.24, 2.45) is 0 Å². The minimum absolute atomic E-state index is 0.337. The number of aromatic nitrogens is 8. The van der Waals surface area contributed by atoms with E-state index < -0.39 is 0 Å². The van der Waals surface area contributed by atoms with Gasteiger partial charge in [-0.2, -0.15) is 10.1 Å². The maximum absolute atomic E-state index is 6.28. The summed E-state index contributed by atoms with van der Waals surface area (Å²) in [4.78, 5) is 27.4. The van der Waals surface area contributed by atoms with Gasteiger partial charge in [0.15, 0.2) is 5.82 Å². The molecule has 0 unspecified atom stereocenters. The van der Waals surface area contributed by atoms with Gasteiger partial charge in [0.2, 0.25) is 5.95 Å². The highest BCUT2D eigenvalue weighted by molar-refractivity contribution is 7.15. The number of anilines is 3. The molecule has 0 amide bonds. The van der Waals surface area contributed by atoms with E-state index in [2.05, 4.69) is 52.5 Å². The van der Waals surface area contributed by atoms with Crippen LogP contribution in [0.3, 0.4) is 0 Å². The van der Waals surface area contributed by atoms with Gasteiger partial charge in [-0.1, -0.05) is 30.3 Å². The Morgan fingerprint density at radius 2 is 1.71 bits per heavy atom. The van der Waals surface area contributed by atoms with Crippen molar-refractivity contribution in [1.82, 2.24) is 39.7 Å². The second kappa shape index (κ2) is 10.1. The van der Waals surface area contributed by atoms with E-state index in [1.54, 1.807) is 40.9 Å². The van der Waals surface area contributed by atoms with E-state index >= 15 is 0 Å². The lowest BCUT2D eigenvalue weighted by Crippen LogP contribution is -2.03. The summed E-state index contributed by atoms with van der Waals surface area (Å²) in [6.45, 7) is 2.65. The van der Waals surface area contributed by atoms with Gasteiger partial charge in [-0.15, -0.1) is 11.3 Å². The summed E-state index contributed by atoms with van der Waals surface area (Å²) in [5.41, 5.74) is 11.7. The molecule has 3 N–H and O–H groups in total. The number of nitrogens with one attached hydrogen (secondary N) is 1. The predicted octanol–water partition coefficient (Wildman–Crippen LogP) is 5.00. The van der Waals surface area contributed by atoms with Crippen LogP contribution >= 0.6 is 11.3 Å². The molecule has 10 nitrogen and oxygen atoms in total. The van der Waals surface area contributed by atoms with E-state index in [-0.39, 0.29) is 0 Å². The Balaban J connectivity index is 1.16. The number of nitrogens with two attached hydrogens (primary N) is 1. The van der Waals surface area contributed by atoms with Gasteiger partial charge in [0, 0.05) is 47.2 Å². The van der Waals surface area contributed by atoms with E-state index in [0.29, 0.717) is 29.7 Å². The van der Waals surface area contributed by atoms with Crippen molar-refractivity contribution < 1.29 is 0 Å². The van der Waals surface area contributed by atoms with Gasteiger partial charge in [0.25, 0.3) is 0 Å². The normalized spacial score (nSPS) is 11.0. The van der Waals surface area contributed by atoms with Gasteiger partial charge in [0.05, 0.1) is 16.4 Å². The van der Waals surface area contributed by atoms with E-state index in [9.17, 15) is 0 Å². The monoisotopic (exact) mass is 518 g/mol.